The van der Waals surface area contributed by atoms with E-state index in [1.807, 2.05) is 0 Å². The molecular formula is C15H18FNO2. The molecule has 0 saturated carbocycles. The second-order valence-electron chi connectivity index (χ2n) is 5.76. The number of hydrogen-bond acceptors (Lipinski definition) is 2. The number of aromatic carboxylic acids is 1. The predicted molar refractivity (Wildman–Crippen MR) is 69.9 cm³/mol. The van der Waals surface area contributed by atoms with E-state index in [4.69, 9.17) is 0 Å². The van der Waals surface area contributed by atoms with Gasteiger partial charge in [0.15, 0.2) is 0 Å². The van der Waals surface area contributed by atoms with Crippen LogP contribution in [0.25, 0.3) is 0 Å². The average Bonchev–Trinajstić information content (AvgIpc) is 2.61. The Hall–Kier alpha value is -1.42. The van der Waals surface area contributed by atoms with Gasteiger partial charge in [0.2, 0.25) is 0 Å². The third kappa shape index (κ3) is 2.14. The Morgan fingerprint density at radius 1 is 1.32 bits per heavy atom. The molecule has 4 heteroatoms. The van der Waals surface area contributed by atoms with E-state index in [0.717, 1.165) is 12.8 Å². The smallest absolute Gasteiger partial charge is 0.335 e. The molecule has 2 aliphatic rings. The van der Waals surface area contributed by atoms with Crippen LogP contribution in [0.15, 0.2) is 18.2 Å². The number of piperidine rings is 1. The van der Waals surface area contributed by atoms with E-state index in [1.165, 1.54) is 31.0 Å². The highest BCUT2D eigenvalue weighted by Gasteiger charge is 2.39. The van der Waals surface area contributed by atoms with Gasteiger partial charge in [-0.25, -0.2) is 9.18 Å². The fraction of sp³-hybridized carbons (Fsp3) is 0.533. The van der Waals surface area contributed by atoms with Gasteiger partial charge in [-0.1, -0.05) is 0 Å². The molecule has 3 nitrogen and oxygen atoms in total. The topological polar surface area (TPSA) is 40.5 Å². The van der Waals surface area contributed by atoms with E-state index in [9.17, 15) is 14.3 Å². The molecule has 3 rings (SSSR count). The molecule has 19 heavy (non-hydrogen) atoms. The number of hydrogen-bond donors (Lipinski definition) is 1. The first-order valence-electron chi connectivity index (χ1n) is 6.81. The van der Waals surface area contributed by atoms with Gasteiger partial charge in [-0.15, -0.1) is 0 Å². The summed E-state index contributed by atoms with van der Waals surface area (Å²) in [5, 5.41) is 9.25. The van der Waals surface area contributed by atoms with Gasteiger partial charge >= 0.3 is 5.97 Å². The largest absolute Gasteiger partial charge is 0.478 e. The summed E-state index contributed by atoms with van der Waals surface area (Å²) < 4.78 is 13.4. The molecule has 1 aromatic carbocycles. The quantitative estimate of drug-likeness (QED) is 0.892. The van der Waals surface area contributed by atoms with Crippen molar-refractivity contribution in [2.24, 2.45) is 0 Å². The van der Waals surface area contributed by atoms with Crippen LogP contribution in [0.5, 0.6) is 0 Å². The summed E-state index contributed by atoms with van der Waals surface area (Å²) >= 11 is 0. The normalized spacial score (nSPS) is 30.5. The first-order valence-corrected chi connectivity index (χ1v) is 6.81. The maximum atomic E-state index is 13.4. The summed E-state index contributed by atoms with van der Waals surface area (Å²) in [5.41, 5.74) is 0.938. The summed E-state index contributed by atoms with van der Waals surface area (Å²) in [7, 11) is 2.14. The van der Waals surface area contributed by atoms with Crippen molar-refractivity contribution in [1.82, 2.24) is 4.90 Å². The number of carboxylic acid groups (broad SMARTS) is 1. The predicted octanol–water partition coefficient (Wildman–Crippen LogP) is 2.86. The van der Waals surface area contributed by atoms with Crippen molar-refractivity contribution < 1.29 is 14.3 Å². The van der Waals surface area contributed by atoms with Gasteiger partial charge in [0.1, 0.15) is 5.82 Å². The zero-order chi connectivity index (χ0) is 13.6. The molecule has 2 fully saturated rings. The highest BCUT2D eigenvalue weighted by molar-refractivity contribution is 5.89. The lowest BCUT2D eigenvalue weighted by Gasteiger charge is -2.37. The van der Waals surface area contributed by atoms with Gasteiger partial charge in [0, 0.05) is 12.1 Å². The molecule has 0 radical (unpaired) electrons. The van der Waals surface area contributed by atoms with Gasteiger partial charge in [-0.05, 0) is 62.4 Å². The molecule has 0 amide bonds. The average molecular weight is 263 g/mol. The molecule has 2 bridgehead atoms. The van der Waals surface area contributed by atoms with Gasteiger partial charge in [0.05, 0.1) is 5.56 Å². The van der Waals surface area contributed by atoms with Crippen LogP contribution in [0.3, 0.4) is 0 Å². The van der Waals surface area contributed by atoms with E-state index in [0.29, 0.717) is 17.6 Å². The van der Waals surface area contributed by atoms with E-state index < -0.39 is 5.97 Å². The monoisotopic (exact) mass is 263 g/mol. The number of fused-ring (bicyclic) bond motifs is 2. The van der Waals surface area contributed by atoms with Crippen molar-refractivity contribution in [3.8, 4) is 0 Å². The van der Waals surface area contributed by atoms with Gasteiger partial charge < -0.3 is 10.0 Å². The first kappa shape index (κ1) is 12.6. The maximum Gasteiger partial charge on any atom is 0.335 e. The minimum atomic E-state index is -0.957. The molecule has 1 aromatic rings. The zero-order valence-corrected chi connectivity index (χ0v) is 11.0. The number of carbonyl (C=O) groups is 1. The Kier molecular flexibility index (Phi) is 3.05. The SMILES string of the molecule is CN1[C@@H]2CC[C@H]1CC(c1cc(F)ccc1C(=O)O)C2. The third-order valence-corrected chi connectivity index (χ3v) is 4.78. The summed E-state index contributed by atoms with van der Waals surface area (Å²) in [6, 6.07) is 5.09. The number of rotatable bonds is 2. The van der Waals surface area contributed by atoms with Crippen molar-refractivity contribution >= 4 is 5.97 Å². The van der Waals surface area contributed by atoms with Crippen LogP contribution in [0, 0.1) is 5.82 Å². The number of benzene rings is 1. The lowest BCUT2D eigenvalue weighted by molar-refractivity contribution is 0.0693. The van der Waals surface area contributed by atoms with Crippen molar-refractivity contribution in [3.63, 3.8) is 0 Å². The van der Waals surface area contributed by atoms with Gasteiger partial charge in [-0.2, -0.15) is 0 Å². The second kappa shape index (κ2) is 4.60. The van der Waals surface area contributed by atoms with Crippen molar-refractivity contribution in [3.05, 3.63) is 35.1 Å². The maximum absolute atomic E-state index is 13.4. The molecule has 3 atom stereocenters. The zero-order valence-electron chi connectivity index (χ0n) is 11.0. The van der Waals surface area contributed by atoms with Gasteiger partial charge in [-0.3, -0.25) is 0 Å². The fourth-order valence-corrected chi connectivity index (χ4v) is 3.73. The molecule has 2 heterocycles. The molecule has 1 N–H and O–H groups in total. The minimum absolute atomic E-state index is 0.176. The Morgan fingerprint density at radius 3 is 2.53 bits per heavy atom. The summed E-state index contributed by atoms with van der Waals surface area (Å²) in [5.74, 6) is -1.12. The minimum Gasteiger partial charge on any atom is -0.478 e. The molecule has 0 aromatic heterocycles. The van der Waals surface area contributed by atoms with Gasteiger partial charge in [0.25, 0.3) is 0 Å². The van der Waals surface area contributed by atoms with Crippen LogP contribution >= 0.6 is 0 Å². The Balaban J connectivity index is 1.94. The lowest BCUT2D eigenvalue weighted by Crippen LogP contribution is -2.39. The fourth-order valence-electron chi connectivity index (χ4n) is 3.73. The second-order valence-corrected chi connectivity index (χ2v) is 5.76. The Labute approximate surface area is 112 Å². The first-order chi connectivity index (χ1) is 9.06. The van der Waals surface area contributed by atoms with E-state index in [-0.39, 0.29) is 17.3 Å². The molecule has 0 aliphatic carbocycles. The molecule has 1 unspecified atom stereocenters. The van der Waals surface area contributed by atoms with Crippen LogP contribution in [0.4, 0.5) is 4.39 Å². The highest BCUT2D eigenvalue weighted by Crippen LogP contribution is 2.43. The molecule has 102 valence electrons. The number of halogens is 1. The highest BCUT2D eigenvalue weighted by atomic mass is 19.1. The van der Waals surface area contributed by atoms with E-state index in [2.05, 4.69) is 11.9 Å². The van der Waals surface area contributed by atoms with Crippen LogP contribution in [-0.4, -0.2) is 35.1 Å². The third-order valence-electron chi connectivity index (χ3n) is 4.78. The molecule has 0 spiro atoms. The van der Waals surface area contributed by atoms with E-state index in [1.54, 1.807) is 0 Å². The van der Waals surface area contributed by atoms with E-state index >= 15 is 0 Å². The summed E-state index contributed by atoms with van der Waals surface area (Å²) in [6.07, 6.45) is 4.23. The van der Waals surface area contributed by atoms with Crippen molar-refractivity contribution in [2.75, 3.05) is 7.05 Å². The lowest BCUT2D eigenvalue weighted by atomic mass is 9.83. The molecule has 2 saturated heterocycles. The standard InChI is InChI=1S/C15H18FNO2/c1-17-11-3-4-12(17)7-9(6-11)14-8-10(16)2-5-13(14)15(18)19/h2,5,8-9,11-12H,3-4,6-7H2,1H3,(H,18,19)/t9?,11-,12+. The van der Waals surface area contributed by atoms with Crippen LogP contribution in [0.2, 0.25) is 0 Å². The van der Waals surface area contributed by atoms with Crippen LogP contribution < -0.4 is 0 Å². The van der Waals surface area contributed by atoms with Crippen LogP contribution in [-0.2, 0) is 0 Å². The number of carboxylic acids is 1. The number of nitrogens with zero attached hydrogens (tertiary/aromatic N) is 1. The summed E-state index contributed by atoms with van der Waals surface area (Å²) in [6.45, 7) is 0. The van der Waals surface area contributed by atoms with Crippen molar-refractivity contribution in [1.29, 1.82) is 0 Å². The van der Waals surface area contributed by atoms with Crippen LogP contribution in [0.1, 0.15) is 47.5 Å². The summed E-state index contributed by atoms with van der Waals surface area (Å²) in [4.78, 5) is 13.7. The van der Waals surface area contributed by atoms with Crippen molar-refractivity contribution in [2.45, 2.75) is 43.7 Å². The molecular weight excluding hydrogens is 245 g/mol. The Morgan fingerprint density at radius 2 is 1.95 bits per heavy atom. The molecule has 2 aliphatic heterocycles. The Bertz CT molecular complexity index is 503.